The van der Waals surface area contributed by atoms with E-state index in [1.807, 2.05) is 206 Å². The minimum Gasteiger partial charge on any atom is -0.424 e. The molecule has 14 rings (SSSR count). The molecule has 0 radical (unpaired) electrons. The maximum Gasteiger partial charge on any atom is 0.258 e. The van der Waals surface area contributed by atoms with Gasteiger partial charge < -0.3 is 33.6 Å². The van der Waals surface area contributed by atoms with Crippen LogP contribution in [0.5, 0.6) is 0 Å². The van der Waals surface area contributed by atoms with Gasteiger partial charge >= 0.3 is 0 Å². The third-order valence-corrected chi connectivity index (χ3v) is 62.6. The normalized spacial score (nSPS) is 14.2. The average molecular weight is 1780 g/mol. The maximum atomic E-state index is 17.6. The molecule has 7 N–H and O–H groups in total. The zero-order valence-electron chi connectivity index (χ0n) is 76.0. The summed E-state index contributed by atoms with van der Waals surface area (Å²) >= 11 is 0. The van der Waals surface area contributed by atoms with Crippen molar-refractivity contribution in [3.63, 3.8) is 0 Å². The van der Waals surface area contributed by atoms with Crippen molar-refractivity contribution in [1.82, 2.24) is 0 Å². The van der Waals surface area contributed by atoms with Crippen molar-refractivity contribution in [1.29, 1.82) is 0 Å². The second kappa shape index (κ2) is 35.7. The zero-order valence-corrected chi connectivity index (χ0v) is 83.0. The standard InChI is InChI=1S/C112H128O7Si7/c1-104(2,120(113,89-57-29-15-30-58-89)90-59-31-16-32-60-90)85-103(108(9,10)124(117,97-73-45-23-46-74-97)98-75-47-24-48-76-98)112(110(13,14)126(119,101-81-53-27-54-82-101)102-83-55-28-56-84-102,88-107(7,8)123(116,95-69-41-21-42-70-95)96-71-43-22-44-72-96)111(109(11,12)125(118,99-77-49-25-50-78-99)100-79-51-26-52-80-100,86-105(3,4)121(114,91-61-33-17-34-62-91)92-63-35-18-36-64-92)87-106(5,6)122(115,93-65-37-19-38-66-93)94-67-39-20-40-68-94/h15-84,103,113-119H,85-88H2,1-14H3. The smallest absolute Gasteiger partial charge is 0.258 e. The Morgan fingerprint density at radius 3 is 0.500 bits per heavy atom. The highest BCUT2D eigenvalue weighted by atomic mass is 28.4. The van der Waals surface area contributed by atoms with E-state index in [-0.39, 0.29) is 25.7 Å². The highest BCUT2D eigenvalue weighted by Gasteiger charge is 2.82. The van der Waals surface area contributed by atoms with Crippen LogP contribution in [0.3, 0.4) is 0 Å². The van der Waals surface area contributed by atoms with Crippen molar-refractivity contribution in [2.24, 2.45) is 16.7 Å². The van der Waals surface area contributed by atoms with Gasteiger partial charge in [0.15, 0.2) is 0 Å². The van der Waals surface area contributed by atoms with Gasteiger partial charge in [0.25, 0.3) is 58.2 Å². The molecule has 14 heteroatoms. The van der Waals surface area contributed by atoms with Gasteiger partial charge in [-0.15, -0.1) is 0 Å². The highest BCUT2D eigenvalue weighted by Crippen LogP contribution is 2.85. The molecule has 14 aromatic rings. The van der Waals surface area contributed by atoms with Crippen molar-refractivity contribution in [3.05, 3.63) is 425 Å². The first-order valence-electron chi connectivity index (χ1n) is 44.8. The SMILES string of the molecule is CC(C)(CC(C(CC(C)(C)[Si](O)(c1ccccc1)c1ccccc1)(C(CC(C)(C)[Si](O)(c1ccccc1)c1ccccc1)(CC(C)(C)[Si](O)(c1ccccc1)c1ccccc1)C(C)(C)[Si](O)(c1ccccc1)c1ccccc1)C(C)(C)[Si](O)(c1ccccc1)c1ccccc1)C(C)(C)[Si](O)(c1ccccc1)c1ccccc1)[Si](O)(c1ccccc1)c1ccccc1. The predicted octanol–water partition coefficient (Wildman–Crippen LogP) is 15.9. The first-order chi connectivity index (χ1) is 59.9. The first-order valence-corrected chi connectivity index (χ1v) is 58.4. The first kappa shape index (κ1) is 92.5. The van der Waals surface area contributed by atoms with Crippen molar-refractivity contribution >= 4 is 131 Å². The second-order valence-corrected chi connectivity index (χ2v) is 67.2. The molecule has 0 amide bonds. The van der Waals surface area contributed by atoms with Crippen LogP contribution in [0.15, 0.2) is 425 Å². The summed E-state index contributed by atoms with van der Waals surface area (Å²) in [4.78, 5) is 117. The van der Waals surface area contributed by atoms with Crippen LogP contribution in [0.1, 0.15) is 123 Å². The van der Waals surface area contributed by atoms with Crippen molar-refractivity contribution in [2.75, 3.05) is 0 Å². The van der Waals surface area contributed by atoms with Crippen LogP contribution in [0.2, 0.25) is 35.3 Å². The molecule has 2 atom stereocenters. The molecule has 0 aliphatic heterocycles. The Hall–Kier alpha value is -9.68. The van der Waals surface area contributed by atoms with Crippen LogP contribution in [0.25, 0.3) is 0 Å². The molecule has 14 aromatic carbocycles. The van der Waals surface area contributed by atoms with Gasteiger partial charge in [-0.05, 0) is 150 Å². The summed E-state index contributed by atoms with van der Waals surface area (Å²) in [5.41, 5.74) is -3.76. The summed E-state index contributed by atoms with van der Waals surface area (Å²) < 4.78 is 0. The van der Waals surface area contributed by atoms with Crippen LogP contribution in [-0.2, 0) is 0 Å². The fourth-order valence-electron chi connectivity index (χ4n) is 24.5. The molecule has 646 valence electrons. The zero-order chi connectivity index (χ0) is 90.0. The third kappa shape index (κ3) is 15.1. The molecular formula is C112H128O7Si7. The largest absolute Gasteiger partial charge is 0.424 e. The Morgan fingerprint density at radius 1 is 0.175 bits per heavy atom. The molecule has 0 saturated carbocycles. The van der Waals surface area contributed by atoms with E-state index in [9.17, 15) is 0 Å². The Kier molecular flexibility index (Phi) is 26.2. The van der Waals surface area contributed by atoms with Gasteiger partial charge in [-0.2, -0.15) is 0 Å². The minimum atomic E-state index is -5.05. The van der Waals surface area contributed by atoms with E-state index >= 15 is 33.6 Å². The molecule has 126 heavy (non-hydrogen) atoms. The van der Waals surface area contributed by atoms with Gasteiger partial charge in [-0.3, -0.25) is 0 Å². The Bertz CT molecular complexity index is 5480. The van der Waals surface area contributed by atoms with Crippen LogP contribution in [0.4, 0.5) is 0 Å². The van der Waals surface area contributed by atoms with E-state index in [4.69, 9.17) is 0 Å². The Labute approximate surface area is 757 Å². The number of rotatable bonds is 34. The van der Waals surface area contributed by atoms with Gasteiger partial charge in [-0.25, -0.2) is 0 Å². The lowest BCUT2D eigenvalue weighted by Gasteiger charge is -2.77. The van der Waals surface area contributed by atoms with Crippen molar-refractivity contribution in [3.8, 4) is 0 Å². The lowest BCUT2D eigenvalue weighted by molar-refractivity contribution is -0.142. The molecule has 0 aliphatic rings. The van der Waals surface area contributed by atoms with Gasteiger partial charge in [0.2, 0.25) is 0 Å². The number of benzene rings is 14. The molecule has 0 fully saturated rings. The summed E-state index contributed by atoms with van der Waals surface area (Å²) in [6.45, 7) is 32.4. The molecule has 7 nitrogen and oxygen atoms in total. The quantitative estimate of drug-likeness (QED) is 0.0199. The van der Waals surface area contributed by atoms with Crippen molar-refractivity contribution in [2.45, 2.75) is 158 Å². The fourth-order valence-corrected chi connectivity index (χ4v) is 52.1. The van der Waals surface area contributed by atoms with E-state index in [1.165, 1.54) is 0 Å². The van der Waals surface area contributed by atoms with Crippen LogP contribution < -0.4 is 72.6 Å². The summed E-state index contributed by atoms with van der Waals surface area (Å²) in [6.07, 6.45) is 0.150. The summed E-state index contributed by atoms with van der Waals surface area (Å²) in [6, 6.07) is 145. The maximum absolute atomic E-state index is 17.6. The molecule has 0 aliphatic carbocycles. The molecule has 2 unspecified atom stereocenters. The monoisotopic (exact) mass is 1780 g/mol. The molecule has 0 spiro atoms. The molecule has 0 heterocycles. The van der Waals surface area contributed by atoms with Gasteiger partial charge in [-0.1, -0.05) is 522 Å². The van der Waals surface area contributed by atoms with E-state index in [0.717, 1.165) is 51.9 Å². The lowest BCUT2D eigenvalue weighted by atomic mass is 9.40. The summed E-state index contributed by atoms with van der Waals surface area (Å²) in [5, 5.41) is 0.107. The molecule has 0 bridgehead atoms. The van der Waals surface area contributed by atoms with E-state index in [0.29, 0.717) is 20.7 Å². The van der Waals surface area contributed by atoms with Crippen LogP contribution in [-0.4, -0.2) is 91.8 Å². The highest BCUT2D eigenvalue weighted by molar-refractivity contribution is 7.03. The molecule has 0 aromatic heterocycles. The molecule has 0 saturated heterocycles. The number of hydrogen-bond acceptors (Lipinski definition) is 7. The number of hydrogen-bond donors (Lipinski definition) is 7. The minimum absolute atomic E-state index is 0.000345. The summed E-state index contributed by atoms with van der Waals surface area (Å²) in [7, 11) is -33.0. The average Bonchev–Trinajstić information content (AvgIpc) is 0.643. The molecular weight excluding hydrogens is 1650 g/mol. The van der Waals surface area contributed by atoms with Gasteiger partial charge in [0, 0.05) is 0 Å². The van der Waals surface area contributed by atoms with E-state index < -0.39 is 110 Å². The predicted molar refractivity (Wildman–Crippen MR) is 546 cm³/mol. The topological polar surface area (TPSA) is 142 Å². The van der Waals surface area contributed by atoms with Crippen LogP contribution in [0, 0.1) is 16.7 Å². The van der Waals surface area contributed by atoms with Crippen LogP contribution >= 0.6 is 0 Å². The van der Waals surface area contributed by atoms with E-state index in [2.05, 4.69) is 315 Å². The van der Waals surface area contributed by atoms with E-state index in [1.54, 1.807) is 0 Å². The fraction of sp³-hybridized carbons (Fsp3) is 0.250. The summed E-state index contributed by atoms with van der Waals surface area (Å²) in [5.74, 6) is -1.10. The lowest BCUT2D eigenvalue weighted by Crippen LogP contribution is -2.81. The Morgan fingerprint density at radius 2 is 0.317 bits per heavy atom. The van der Waals surface area contributed by atoms with Gasteiger partial charge in [0.1, 0.15) is 0 Å². The van der Waals surface area contributed by atoms with Gasteiger partial charge in [0.05, 0.1) is 0 Å². The third-order valence-electron chi connectivity index (χ3n) is 30.9. The Balaban J connectivity index is 1.39. The second-order valence-electron chi connectivity index (χ2n) is 39.9. The van der Waals surface area contributed by atoms with Crippen molar-refractivity contribution < 1.29 is 33.6 Å².